The van der Waals surface area contributed by atoms with E-state index in [1.54, 1.807) is 25.3 Å². The summed E-state index contributed by atoms with van der Waals surface area (Å²) >= 11 is 7.46. The number of fused-ring (bicyclic) bond motifs is 1. The zero-order valence-corrected chi connectivity index (χ0v) is 18.2. The maximum Gasteiger partial charge on any atom is 0.240 e. The smallest absolute Gasteiger partial charge is 0.240 e. The molecule has 156 valence electrons. The van der Waals surface area contributed by atoms with E-state index in [0.29, 0.717) is 15.9 Å². The molecule has 9 heteroatoms. The second-order valence-electron chi connectivity index (χ2n) is 6.90. The number of nitrogens with one attached hydrogen (secondary N) is 2. The second kappa shape index (κ2) is 8.97. The molecule has 0 saturated heterocycles. The summed E-state index contributed by atoms with van der Waals surface area (Å²) in [4.78, 5) is 13.2. The van der Waals surface area contributed by atoms with Crippen molar-refractivity contribution < 1.29 is 9.53 Å². The lowest BCUT2D eigenvalue weighted by Crippen LogP contribution is -2.41. The van der Waals surface area contributed by atoms with Crippen molar-refractivity contribution in [2.45, 2.75) is 36.2 Å². The Bertz CT molecular complexity index is 1040. The molecule has 30 heavy (non-hydrogen) atoms. The van der Waals surface area contributed by atoms with Crippen molar-refractivity contribution in [2.75, 3.05) is 17.9 Å². The zero-order valence-electron chi connectivity index (χ0n) is 16.6. The van der Waals surface area contributed by atoms with Gasteiger partial charge in [-0.05, 0) is 42.3 Å². The number of aryl methyl sites for hydroxylation is 1. The molecule has 0 aliphatic carbocycles. The normalized spacial score (nSPS) is 17.7. The monoisotopic (exact) mass is 443 g/mol. The Morgan fingerprint density at radius 2 is 2.07 bits per heavy atom. The minimum Gasteiger partial charge on any atom is -0.497 e. The molecule has 4 rings (SSSR count). The van der Waals surface area contributed by atoms with Crippen molar-refractivity contribution in [3.8, 4) is 5.75 Å². The molecule has 1 aromatic heterocycles. The predicted octanol–water partition coefficient (Wildman–Crippen LogP) is 4.29. The lowest BCUT2D eigenvalue weighted by atomic mass is 10.0. The van der Waals surface area contributed by atoms with Gasteiger partial charge in [0.25, 0.3) is 0 Å². The summed E-state index contributed by atoms with van der Waals surface area (Å²) in [6.45, 7) is 2.10. The molecule has 0 spiro atoms. The first kappa shape index (κ1) is 20.6. The van der Waals surface area contributed by atoms with Crippen LogP contribution in [0.5, 0.6) is 5.75 Å². The first-order valence-electron chi connectivity index (χ1n) is 9.67. The Morgan fingerprint density at radius 1 is 1.27 bits per heavy atom. The van der Waals surface area contributed by atoms with Gasteiger partial charge in [-0.15, -0.1) is 10.2 Å². The summed E-state index contributed by atoms with van der Waals surface area (Å²) in [6.07, 6.45) is 1.76. The summed E-state index contributed by atoms with van der Waals surface area (Å²) < 4.78 is 7.17. The van der Waals surface area contributed by atoms with E-state index in [1.165, 1.54) is 11.8 Å². The molecular weight excluding hydrogens is 422 g/mol. The minimum absolute atomic E-state index is 0.137. The van der Waals surface area contributed by atoms with Crippen molar-refractivity contribution in [3.05, 3.63) is 64.9 Å². The highest BCUT2D eigenvalue weighted by Crippen LogP contribution is 2.38. The number of amides is 1. The average molecular weight is 444 g/mol. The third kappa shape index (κ3) is 4.24. The van der Waals surface area contributed by atoms with E-state index >= 15 is 0 Å². The first-order valence-corrected chi connectivity index (χ1v) is 10.9. The number of ether oxygens (including phenoxy) is 1. The van der Waals surface area contributed by atoms with Crippen molar-refractivity contribution in [1.82, 2.24) is 14.9 Å². The maximum atomic E-state index is 13.2. The Kier molecular flexibility index (Phi) is 6.15. The number of anilines is 1. The van der Waals surface area contributed by atoms with Crippen molar-refractivity contribution in [3.63, 3.8) is 0 Å². The summed E-state index contributed by atoms with van der Waals surface area (Å²) in [5, 5.41) is 12.3. The standard InChI is InChI=1S/C21H22ClN5O2S/c1-3-5-17-24-25-21-27(17)26-18(13-8-10-16(29-2)11-9-13)19(30-21)20(28)23-15-7-4-6-14(22)12-15/h4,6-12,18-19,26H,3,5H2,1-2H3,(H,23,28)/t18-,19+/m1/s1. The highest BCUT2D eigenvalue weighted by molar-refractivity contribution is 8.00. The molecule has 2 N–H and O–H groups in total. The predicted molar refractivity (Wildman–Crippen MR) is 119 cm³/mol. The number of benzene rings is 2. The van der Waals surface area contributed by atoms with Crippen molar-refractivity contribution >= 4 is 35.0 Å². The molecular formula is C21H22ClN5O2S. The third-order valence-electron chi connectivity index (χ3n) is 4.80. The molecule has 0 bridgehead atoms. The van der Waals surface area contributed by atoms with Crippen LogP contribution in [0.4, 0.5) is 5.69 Å². The number of carbonyl (C=O) groups excluding carboxylic acids is 1. The molecule has 0 saturated carbocycles. The fourth-order valence-electron chi connectivity index (χ4n) is 3.33. The van der Waals surface area contributed by atoms with Crippen LogP contribution in [-0.4, -0.2) is 33.1 Å². The number of thioether (sulfide) groups is 1. The Balaban J connectivity index is 1.66. The topological polar surface area (TPSA) is 81.1 Å². The molecule has 2 atom stereocenters. The van der Waals surface area contributed by atoms with Crippen LogP contribution < -0.4 is 15.5 Å². The highest BCUT2D eigenvalue weighted by Gasteiger charge is 2.37. The first-order chi connectivity index (χ1) is 14.6. The van der Waals surface area contributed by atoms with Crippen molar-refractivity contribution in [1.29, 1.82) is 0 Å². The number of halogens is 1. The summed E-state index contributed by atoms with van der Waals surface area (Å²) in [6, 6.07) is 14.5. The SMILES string of the molecule is CCCc1nnc2n1N[C@H](c1ccc(OC)cc1)[C@@H](C(=O)Nc1cccc(Cl)c1)S2. The molecule has 3 aromatic rings. The van der Waals surface area contributed by atoms with E-state index in [9.17, 15) is 4.79 Å². The number of hydrogen-bond donors (Lipinski definition) is 2. The lowest BCUT2D eigenvalue weighted by Gasteiger charge is -2.33. The van der Waals surface area contributed by atoms with Crippen LogP contribution in [0.3, 0.4) is 0 Å². The van der Waals surface area contributed by atoms with E-state index < -0.39 is 5.25 Å². The third-order valence-corrected chi connectivity index (χ3v) is 6.25. The van der Waals surface area contributed by atoms with Crippen LogP contribution in [-0.2, 0) is 11.2 Å². The van der Waals surface area contributed by atoms with Crippen LogP contribution in [0.1, 0.15) is 30.8 Å². The van der Waals surface area contributed by atoms with Gasteiger partial charge in [0.2, 0.25) is 11.1 Å². The van der Waals surface area contributed by atoms with Gasteiger partial charge in [0.05, 0.1) is 13.2 Å². The number of methoxy groups -OCH3 is 1. The van der Waals surface area contributed by atoms with Crippen LogP contribution in [0, 0.1) is 0 Å². The van der Waals surface area contributed by atoms with Gasteiger partial charge in [0.15, 0.2) is 5.82 Å². The summed E-state index contributed by atoms with van der Waals surface area (Å²) in [7, 11) is 1.63. The highest BCUT2D eigenvalue weighted by atomic mass is 35.5. The Morgan fingerprint density at radius 3 is 2.77 bits per heavy atom. The van der Waals surface area contributed by atoms with Gasteiger partial charge in [-0.3, -0.25) is 4.79 Å². The number of rotatable bonds is 6. The van der Waals surface area contributed by atoms with E-state index in [2.05, 4.69) is 27.9 Å². The summed E-state index contributed by atoms with van der Waals surface area (Å²) in [5.41, 5.74) is 5.08. The molecule has 1 aliphatic heterocycles. The molecule has 0 unspecified atom stereocenters. The molecule has 1 amide bonds. The van der Waals surface area contributed by atoms with Gasteiger partial charge in [-0.25, -0.2) is 4.68 Å². The van der Waals surface area contributed by atoms with Crippen LogP contribution >= 0.6 is 23.4 Å². The molecule has 2 aromatic carbocycles. The van der Waals surface area contributed by atoms with Gasteiger partial charge in [0, 0.05) is 17.1 Å². The largest absolute Gasteiger partial charge is 0.497 e. The fraction of sp³-hybridized carbons (Fsp3) is 0.286. The quantitative estimate of drug-likeness (QED) is 0.591. The van der Waals surface area contributed by atoms with Gasteiger partial charge < -0.3 is 15.5 Å². The number of nitrogens with zero attached hydrogens (tertiary/aromatic N) is 3. The maximum absolute atomic E-state index is 13.2. The van der Waals surface area contributed by atoms with Gasteiger partial charge in [-0.1, -0.05) is 48.5 Å². The summed E-state index contributed by atoms with van der Waals surface area (Å²) in [5.74, 6) is 1.48. The van der Waals surface area contributed by atoms with E-state index in [4.69, 9.17) is 16.3 Å². The van der Waals surface area contributed by atoms with E-state index in [0.717, 1.165) is 30.0 Å². The van der Waals surface area contributed by atoms with Gasteiger partial charge in [-0.2, -0.15) is 0 Å². The Labute approximate surface area is 184 Å². The van der Waals surface area contributed by atoms with Crippen molar-refractivity contribution in [2.24, 2.45) is 0 Å². The molecule has 0 radical (unpaired) electrons. The van der Waals surface area contributed by atoms with Gasteiger partial charge in [0.1, 0.15) is 11.0 Å². The van der Waals surface area contributed by atoms with Gasteiger partial charge >= 0.3 is 0 Å². The molecule has 1 aliphatic rings. The number of carbonyl (C=O) groups is 1. The molecule has 7 nitrogen and oxygen atoms in total. The molecule has 2 heterocycles. The van der Waals surface area contributed by atoms with E-state index in [-0.39, 0.29) is 11.9 Å². The second-order valence-corrected chi connectivity index (χ2v) is 8.45. The average Bonchev–Trinajstić information content (AvgIpc) is 3.15. The minimum atomic E-state index is -0.455. The Hall–Kier alpha value is -2.71. The number of aromatic nitrogens is 3. The molecule has 0 fully saturated rings. The van der Waals surface area contributed by atoms with Crippen LogP contribution in [0.25, 0.3) is 0 Å². The fourth-order valence-corrected chi connectivity index (χ4v) is 4.61. The number of hydrogen-bond acceptors (Lipinski definition) is 6. The zero-order chi connectivity index (χ0) is 21.1. The van der Waals surface area contributed by atoms with E-state index in [1.807, 2.05) is 35.0 Å². The lowest BCUT2D eigenvalue weighted by molar-refractivity contribution is -0.116. The van der Waals surface area contributed by atoms with Crippen LogP contribution in [0.15, 0.2) is 53.7 Å². The van der Waals surface area contributed by atoms with Crippen LogP contribution in [0.2, 0.25) is 5.02 Å².